The van der Waals surface area contributed by atoms with Gasteiger partial charge in [-0.3, -0.25) is 4.79 Å². The van der Waals surface area contributed by atoms with Crippen LogP contribution in [-0.2, 0) is 4.74 Å². The predicted octanol–water partition coefficient (Wildman–Crippen LogP) is 3.48. The molecule has 1 amide bonds. The zero-order chi connectivity index (χ0) is 17.1. The van der Waals surface area contributed by atoms with Crippen molar-refractivity contribution in [2.75, 3.05) is 26.3 Å². The monoisotopic (exact) mass is 334 g/mol. The summed E-state index contributed by atoms with van der Waals surface area (Å²) in [4.78, 5) is 19.0. The Bertz CT molecular complexity index is 796. The van der Waals surface area contributed by atoms with E-state index in [2.05, 4.69) is 4.98 Å². The van der Waals surface area contributed by atoms with Crippen LogP contribution in [0.15, 0.2) is 65.1 Å². The topological polar surface area (TPSA) is 55.6 Å². The minimum absolute atomic E-state index is 0.125. The van der Waals surface area contributed by atoms with Crippen LogP contribution in [-0.4, -0.2) is 42.1 Å². The second kappa shape index (κ2) is 6.91. The van der Waals surface area contributed by atoms with E-state index >= 15 is 0 Å². The fraction of sp³-hybridized carbons (Fsp3) is 0.200. The number of hydrogen-bond donors (Lipinski definition) is 0. The molecule has 0 saturated carbocycles. The molecule has 5 nitrogen and oxygen atoms in total. The van der Waals surface area contributed by atoms with Crippen molar-refractivity contribution in [3.63, 3.8) is 0 Å². The molecule has 5 heteroatoms. The Labute approximate surface area is 145 Å². The lowest BCUT2D eigenvalue weighted by Crippen LogP contribution is -2.40. The minimum Gasteiger partial charge on any atom is -0.432 e. The summed E-state index contributed by atoms with van der Waals surface area (Å²) in [5.41, 5.74) is 2.50. The summed E-state index contributed by atoms with van der Waals surface area (Å²) in [5.74, 6) is 0.547. The van der Waals surface area contributed by atoms with Gasteiger partial charge < -0.3 is 14.1 Å². The van der Waals surface area contributed by atoms with E-state index in [-0.39, 0.29) is 11.8 Å². The quantitative estimate of drug-likeness (QED) is 0.736. The van der Waals surface area contributed by atoms with Gasteiger partial charge in [0.15, 0.2) is 5.76 Å². The highest BCUT2D eigenvalue weighted by atomic mass is 16.5. The highest BCUT2D eigenvalue weighted by Crippen LogP contribution is 2.32. The number of morpholine rings is 1. The summed E-state index contributed by atoms with van der Waals surface area (Å²) in [6, 6.07) is 19.5. The Morgan fingerprint density at radius 3 is 2.12 bits per heavy atom. The van der Waals surface area contributed by atoms with E-state index in [1.54, 1.807) is 4.90 Å². The first kappa shape index (κ1) is 15.6. The molecule has 0 aliphatic carbocycles. The average molecular weight is 334 g/mol. The van der Waals surface area contributed by atoms with E-state index < -0.39 is 0 Å². The van der Waals surface area contributed by atoms with E-state index in [0.717, 1.165) is 11.1 Å². The Kier molecular flexibility index (Phi) is 4.31. The molecular formula is C20H18N2O3. The molecule has 25 heavy (non-hydrogen) atoms. The van der Waals surface area contributed by atoms with Crippen LogP contribution in [0.3, 0.4) is 0 Å². The van der Waals surface area contributed by atoms with Gasteiger partial charge in [0.1, 0.15) is 5.69 Å². The largest absolute Gasteiger partial charge is 0.432 e. The van der Waals surface area contributed by atoms with Crippen molar-refractivity contribution in [2.45, 2.75) is 0 Å². The number of rotatable bonds is 3. The van der Waals surface area contributed by atoms with E-state index in [9.17, 15) is 4.79 Å². The standard InChI is InChI=1S/C20H18N2O3/c23-20(22-11-13-24-14-12-22)19-21-17(15-7-3-1-4-8-15)18(25-19)16-9-5-2-6-10-16/h1-10H,11-14H2. The maximum Gasteiger partial charge on any atom is 0.309 e. The molecule has 126 valence electrons. The van der Waals surface area contributed by atoms with Crippen LogP contribution in [0.2, 0.25) is 0 Å². The highest BCUT2D eigenvalue weighted by molar-refractivity contribution is 5.92. The second-order valence-electron chi connectivity index (χ2n) is 5.83. The number of carbonyl (C=O) groups excluding carboxylic acids is 1. The van der Waals surface area contributed by atoms with E-state index in [4.69, 9.17) is 9.15 Å². The molecule has 0 unspecified atom stereocenters. The first-order chi connectivity index (χ1) is 12.3. The zero-order valence-corrected chi connectivity index (χ0v) is 13.7. The Hall–Kier alpha value is -2.92. The molecule has 0 atom stereocenters. The predicted molar refractivity (Wildman–Crippen MR) is 94.1 cm³/mol. The van der Waals surface area contributed by atoms with Crippen molar-refractivity contribution >= 4 is 5.91 Å². The summed E-state index contributed by atoms with van der Waals surface area (Å²) < 4.78 is 11.2. The van der Waals surface area contributed by atoms with Gasteiger partial charge in [0, 0.05) is 24.2 Å². The molecule has 0 bridgehead atoms. The Morgan fingerprint density at radius 2 is 1.48 bits per heavy atom. The van der Waals surface area contributed by atoms with Crippen LogP contribution in [0.5, 0.6) is 0 Å². The Morgan fingerprint density at radius 1 is 0.880 bits per heavy atom. The third-order valence-electron chi connectivity index (χ3n) is 4.19. The molecule has 1 aliphatic rings. The lowest BCUT2D eigenvalue weighted by Gasteiger charge is -2.25. The lowest BCUT2D eigenvalue weighted by atomic mass is 10.1. The smallest absolute Gasteiger partial charge is 0.309 e. The third kappa shape index (κ3) is 3.19. The van der Waals surface area contributed by atoms with Gasteiger partial charge in [-0.25, -0.2) is 4.98 Å². The number of hydrogen-bond acceptors (Lipinski definition) is 4. The fourth-order valence-corrected chi connectivity index (χ4v) is 2.89. The maximum atomic E-state index is 12.7. The van der Waals surface area contributed by atoms with Crippen LogP contribution < -0.4 is 0 Å². The van der Waals surface area contributed by atoms with Gasteiger partial charge in [-0.15, -0.1) is 0 Å². The van der Waals surface area contributed by atoms with E-state index in [1.165, 1.54) is 0 Å². The van der Waals surface area contributed by atoms with Crippen LogP contribution >= 0.6 is 0 Å². The van der Waals surface area contributed by atoms with Crippen LogP contribution in [0.1, 0.15) is 10.7 Å². The lowest BCUT2D eigenvalue weighted by molar-refractivity contribution is 0.0278. The number of carbonyl (C=O) groups is 1. The fourth-order valence-electron chi connectivity index (χ4n) is 2.89. The number of amides is 1. The van der Waals surface area contributed by atoms with Gasteiger partial charge in [0.25, 0.3) is 5.89 Å². The molecule has 1 aromatic heterocycles. The summed E-state index contributed by atoms with van der Waals surface area (Å²) in [6.07, 6.45) is 0. The molecule has 3 aromatic rings. The number of benzene rings is 2. The van der Waals surface area contributed by atoms with Crippen molar-refractivity contribution < 1.29 is 13.9 Å². The van der Waals surface area contributed by atoms with Crippen LogP contribution in [0.25, 0.3) is 22.6 Å². The van der Waals surface area contributed by atoms with E-state index in [0.29, 0.717) is 37.8 Å². The molecule has 0 N–H and O–H groups in total. The number of nitrogens with zero attached hydrogens (tertiary/aromatic N) is 2. The summed E-state index contributed by atoms with van der Waals surface area (Å²) >= 11 is 0. The third-order valence-corrected chi connectivity index (χ3v) is 4.19. The average Bonchev–Trinajstić information content (AvgIpc) is 3.15. The van der Waals surface area contributed by atoms with Gasteiger partial charge in [0.2, 0.25) is 0 Å². The molecule has 0 spiro atoms. The number of ether oxygens (including phenoxy) is 1. The van der Waals surface area contributed by atoms with E-state index in [1.807, 2.05) is 60.7 Å². The van der Waals surface area contributed by atoms with Crippen molar-refractivity contribution in [2.24, 2.45) is 0 Å². The first-order valence-electron chi connectivity index (χ1n) is 8.31. The Balaban J connectivity index is 1.77. The van der Waals surface area contributed by atoms with Gasteiger partial charge in [-0.1, -0.05) is 60.7 Å². The normalized spacial score (nSPS) is 14.5. The maximum absolute atomic E-state index is 12.7. The van der Waals surface area contributed by atoms with Gasteiger partial charge in [0.05, 0.1) is 13.2 Å². The van der Waals surface area contributed by atoms with Crippen molar-refractivity contribution in [3.8, 4) is 22.6 Å². The SMILES string of the molecule is O=C(c1nc(-c2ccccc2)c(-c2ccccc2)o1)N1CCOCC1. The zero-order valence-electron chi connectivity index (χ0n) is 13.7. The summed E-state index contributed by atoms with van der Waals surface area (Å²) in [5, 5.41) is 0. The van der Waals surface area contributed by atoms with Crippen molar-refractivity contribution in [1.29, 1.82) is 0 Å². The molecular weight excluding hydrogens is 316 g/mol. The van der Waals surface area contributed by atoms with Crippen LogP contribution in [0.4, 0.5) is 0 Å². The number of oxazole rings is 1. The first-order valence-corrected chi connectivity index (χ1v) is 8.31. The molecule has 1 aliphatic heterocycles. The van der Waals surface area contributed by atoms with Crippen molar-refractivity contribution in [1.82, 2.24) is 9.88 Å². The summed E-state index contributed by atoms with van der Waals surface area (Å²) in [7, 11) is 0. The van der Waals surface area contributed by atoms with Gasteiger partial charge >= 0.3 is 5.91 Å². The highest BCUT2D eigenvalue weighted by Gasteiger charge is 2.26. The second-order valence-corrected chi connectivity index (χ2v) is 5.83. The van der Waals surface area contributed by atoms with Gasteiger partial charge in [-0.05, 0) is 0 Å². The minimum atomic E-state index is -0.192. The van der Waals surface area contributed by atoms with Crippen LogP contribution in [0, 0.1) is 0 Å². The molecule has 2 heterocycles. The van der Waals surface area contributed by atoms with Crippen molar-refractivity contribution in [3.05, 3.63) is 66.6 Å². The van der Waals surface area contributed by atoms with Gasteiger partial charge in [-0.2, -0.15) is 0 Å². The molecule has 0 radical (unpaired) electrons. The number of aromatic nitrogens is 1. The molecule has 2 aromatic carbocycles. The molecule has 1 saturated heterocycles. The molecule has 1 fully saturated rings. The summed E-state index contributed by atoms with van der Waals surface area (Å²) in [6.45, 7) is 2.21. The molecule has 4 rings (SSSR count).